The number of hydrogen-bond donors (Lipinski definition) is 1. The Bertz CT molecular complexity index is 659. The molecule has 1 aromatic rings. The quantitative estimate of drug-likeness (QED) is 0.856. The summed E-state index contributed by atoms with van der Waals surface area (Å²) in [5.41, 5.74) is 4.90. The van der Waals surface area contributed by atoms with Crippen LogP contribution >= 0.6 is 0 Å². The van der Waals surface area contributed by atoms with Crippen LogP contribution in [0.15, 0.2) is 23.2 Å². The van der Waals surface area contributed by atoms with Gasteiger partial charge in [0.2, 0.25) is 10.0 Å². The van der Waals surface area contributed by atoms with Crippen molar-refractivity contribution in [2.45, 2.75) is 31.3 Å². The molecule has 0 saturated carbocycles. The number of hydrogen-bond acceptors (Lipinski definition) is 6. The second-order valence-electron chi connectivity index (χ2n) is 6.29. The summed E-state index contributed by atoms with van der Waals surface area (Å²) in [5.74, 6) is 0.263. The Labute approximate surface area is 136 Å². The lowest BCUT2D eigenvalue weighted by Crippen LogP contribution is -2.51. The van der Waals surface area contributed by atoms with Crippen LogP contribution in [0.5, 0.6) is 0 Å². The number of nitrogen functional groups attached to an aromatic ring is 1. The van der Waals surface area contributed by atoms with Crippen LogP contribution in [0, 0.1) is 0 Å². The number of piperazine rings is 1. The minimum absolute atomic E-state index is 0.0948. The van der Waals surface area contributed by atoms with Crippen molar-refractivity contribution in [2.24, 2.45) is 0 Å². The largest absolute Gasteiger partial charge is 0.444 e. The predicted octanol–water partition coefficient (Wildman–Crippen LogP) is 0.905. The molecule has 1 aliphatic heterocycles. The molecule has 2 rings (SSSR count). The average molecular weight is 342 g/mol. The van der Waals surface area contributed by atoms with Crippen LogP contribution in [0.2, 0.25) is 0 Å². The first-order valence-electron chi connectivity index (χ1n) is 7.29. The highest BCUT2D eigenvalue weighted by atomic mass is 32.2. The van der Waals surface area contributed by atoms with Gasteiger partial charge in [0.1, 0.15) is 16.3 Å². The Balaban J connectivity index is 2.01. The third kappa shape index (κ3) is 4.32. The summed E-state index contributed by atoms with van der Waals surface area (Å²) in [6, 6.07) is 2.88. The van der Waals surface area contributed by atoms with Crippen molar-refractivity contribution in [1.29, 1.82) is 0 Å². The Kier molecular flexibility index (Phi) is 4.81. The lowest BCUT2D eigenvalue weighted by Gasteiger charge is -2.34. The van der Waals surface area contributed by atoms with Crippen molar-refractivity contribution in [3.8, 4) is 0 Å². The first-order valence-corrected chi connectivity index (χ1v) is 8.73. The highest BCUT2D eigenvalue weighted by molar-refractivity contribution is 7.89. The minimum Gasteiger partial charge on any atom is -0.444 e. The maximum atomic E-state index is 12.5. The molecule has 0 radical (unpaired) electrons. The zero-order valence-corrected chi connectivity index (χ0v) is 14.3. The highest BCUT2D eigenvalue weighted by Crippen LogP contribution is 2.18. The van der Waals surface area contributed by atoms with Crippen molar-refractivity contribution in [3.05, 3.63) is 18.3 Å². The van der Waals surface area contributed by atoms with Crippen molar-refractivity contribution in [2.75, 3.05) is 31.9 Å². The molecule has 8 nitrogen and oxygen atoms in total. The summed E-state index contributed by atoms with van der Waals surface area (Å²) in [7, 11) is -3.63. The summed E-state index contributed by atoms with van der Waals surface area (Å²) < 4.78 is 31.7. The molecule has 0 aliphatic carbocycles. The number of rotatable bonds is 2. The van der Waals surface area contributed by atoms with E-state index in [1.807, 2.05) is 0 Å². The fraction of sp³-hybridized carbons (Fsp3) is 0.571. The molecule has 0 unspecified atom stereocenters. The van der Waals surface area contributed by atoms with E-state index < -0.39 is 21.7 Å². The molecule has 1 aromatic heterocycles. The van der Waals surface area contributed by atoms with Crippen molar-refractivity contribution in [1.82, 2.24) is 14.2 Å². The van der Waals surface area contributed by atoms with E-state index in [1.165, 1.54) is 27.5 Å². The Morgan fingerprint density at radius 3 is 2.30 bits per heavy atom. The molecule has 128 valence electrons. The summed E-state index contributed by atoms with van der Waals surface area (Å²) in [6.45, 7) is 6.38. The lowest BCUT2D eigenvalue weighted by atomic mass is 10.2. The van der Waals surface area contributed by atoms with Crippen LogP contribution in [0.25, 0.3) is 0 Å². The molecule has 1 fully saturated rings. The van der Waals surface area contributed by atoms with Crippen LogP contribution < -0.4 is 5.73 Å². The molecular formula is C14H22N4O4S. The van der Waals surface area contributed by atoms with Gasteiger partial charge in [0, 0.05) is 32.4 Å². The number of carbonyl (C=O) groups is 1. The Morgan fingerprint density at radius 1 is 1.22 bits per heavy atom. The molecule has 1 amide bonds. The van der Waals surface area contributed by atoms with Crippen LogP contribution in [0.4, 0.5) is 10.6 Å². The van der Waals surface area contributed by atoms with Gasteiger partial charge in [-0.1, -0.05) is 0 Å². The fourth-order valence-electron chi connectivity index (χ4n) is 2.13. The van der Waals surface area contributed by atoms with E-state index in [-0.39, 0.29) is 36.9 Å². The highest BCUT2D eigenvalue weighted by Gasteiger charge is 2.32. The van der Waals surface area contributed by atoms with E-state index in [2.05, 4.69) is 4.98 Å². The molecule has 0 atom stereocenters. The SMILES string of the molecule is CC(C)(C)OC(=O)N1CCN(S(=O)(=O)c2ccc(N)nc2)CC1. The number of nitrogens with zero attached hydrogens (tertiary/aromatic N) is 3. The Hall–Kier alpha value is -1.87. The van der Waals surface area contributed by atoms with Crippen LogP contribution in [0.3, 0.4) is 0 Å². The maximum Gasteiger partial charge on any atom is 0.410 e. The molecule has 2 heterocycles. The number of aromatic nitrogens is 1. The van der Waals surface area contributed by atoms with Crippen LogP contribution in [-0.4, -0.2) is 60.5 Å². The number of ether oxygens (including phenoxy) is 1. The second-order valence-corrected chi connectivity index (χ2v) is 8.23. The van der Waals surface area contributed by atoms with Crippen molar-refractivity contribution < 1.29 is 17.9 Å². The number of carbonyl (C=O) groups excluding carboxylic acids is 1. The third-order valence-electron chi connectivity index (χ3n) is 3.29. The average Bonchev–Trinajstić information content (AvgIpc) is 2.46. The Morgan fingerprint density at radius 2 is 1.83 bits per heavy atom. The van der Waals surface area contributed by atoms with Gasteiger partial charge in [0.05, 0.1) is 0 Å². The van der Waals surface area contributed by atoms with Gasteiger partial charge < -0.3 is 15.4 Å². The molecule has 2 N–H and O–H groups in total. The maximum absolute atomic E-state index is 12.5. The molecule has 0 bridgehead atoms. The normalized spacial score (nSPS) is 17.1. The van der Waals surface area contributed by atoms with E-state index in [4.69, 9.17) is 10.5 Å². The van der Waals surface area contributed by atoms with Gasteiger partial charge in [-0.3, -0.25) is 0 Å². The molecule has 9 heteroatoms. The second kappa shape index (κ2) is 6.32. The summed E-state index contributed by atoms with van der Waals surface area (Å²) in [4.78, 5) is 17.4. The van der Waals surface area contributed by atoms with Crippen molar-refractivity contribution in [3.63, 3.8) is 0 Å². The number of pyridine rings is 1. The van der Waals surface area contributed by atoms with Gasteiger partial charge in [-0.05, 0) is 32.9 Å². The zero-order chi connectivity index (χ0) is 17.3. The lowest BCUT2D eigenvalue weighted by molar-refractivity contribution is 0.0192. The molecule has 1 aliphatic rings. The summed E-state index contributed by atoms with van der Waals surface area (Å²) in [5, 5.41) is 0. The van der Waals surface area contributed by atoms with E-state index in [9.17, 15) is 13.2 Å². The predicted molar refractivity (Wildman–Crippen MR) is 85.2 cm³/mol. The van der Waals surface area contributed by atoms with Gasteiger partial charge in [0.15, 0.2) is 0 Å². The number of anilines is 1. The third-order valence-corrected chi connectivity index (χ3v) is 5.17. The van der Waals surface area contributed by atoms with Gasteiger partial charge >= 0.3 is 6.09 Å². The molecule has 0 spiro atoms. The van der Waals surface area contributed by atoms with Gasteiger partial charge in [0.25, 0.3) is 0 Å². The zero-order valence-electron chi connectivity index (χ0n) is 13.5. The summed E-state index contributed by atoms with van der Waals surface area (Å²) >= 11 is 0. The van der Waals surface area contributed by atoms with Gasteiger partial charge in [-0.25, -0.2) is 18.2 Å². The van der Waals surface area contributed by atoms with Gasteiger partial charge in [-0.2, -0.15) is 4.31 Å². The molecule has 23 heavy (non-hydrogen) atoms. The first-order chi connectivity index (χ1) is 10.6. The molecule has 0 aromatic carbocycles. The smallest absolute Gasteiger partial charge is 0.410 e. The van der Waals surface area contributed by atoms with E-state index in [0.717, 1.165) is 0 Å². The van der Waals surface area contributed by atoms with Gasteiger partial charge in [-0.15, -0.1) is 0 Å². The van der Waals surface area contributed by atoms with E-state index >= 15 is 0 Å². The van der Waals surface area contributed by atoms with E-state index in [0.29, 0.717) is 0 Å². The van der Waals surface area contributed by atoms with Crippen LogP contribution in [-0.2, 0) is 14.8 Å². The number of sulfonamides is 1. The molecular weight excluding hydrogens is 320 g/mol. The van der Waals surface area contributed by atoms with Crippen molar-refractivity contribution >= 4 is 21.9 Å². The first kappa shape index (κ1) is 17.5. The van der Waals surface area contributed by atoms with E-state index in [1.54, 1.807) is 20.8 Å². The topological polar surface area (TPSA) is 106 Å². The molecule has 1 saturated heterocycles. The standard InChI is InChI=1S/C14H22N4O4S/c1-14(2,3)22-13(19)17-6-8-18(9-7-17)23(20,21)11-4-5-12(15)16-10-11/h4-5,10H,6-9H2,1-3H3,(H2,15,16). The minimum atomic E-state index is -3.63. The monoisotopic (exact) mass is 342 g/mol. The number of amides is 1. The fourth-order valence-corrected chi connectivity index (χ4v) is 3.50. The number of nitrogens with two attached hydrogens (primary N) is 1. The summed E-state index contributed by atoms with van der Waals surface area (Å²) in [6.07, 6.45) is 0.814. The van der Waals surface area contributed by atoms with Crippen LogP contribution in [0.1, 0.15) is 20.8 Å².